The third-order valence-electron chi connectivity index (χ3n) is 5.14. The molecule has 0 N–H and O–H groups in total. The molecule has 2 aliphatic rings. The average Bonchev–Trinajstić information content (AvgIpc) is 2.78. The van der Waals surface area contributed by atoms with Crippen LogP contribution in [-0.4, -0.2) is 26.3 Å². The van der Waals surface area contributed by atoms with Crippen LogP contribution in [0, 0.1) is 11.3 Å². The average molecular weight is 385 g/mol. The first-order valence-corrected chi connectivity index (χ1v) is 10.2. The molecule has 3 aromatic carbocycles. The van der Waals surface area contributed by atoms with Crippen molar-refractivity contribution < 1.29 is 4.74 Å². The van der Waals surface area contributed by atoms with Crippen molar-refractivity contribution in [3.8, 4) is 6.07 Å². The second kappa shape index (κ2) is 7.23. The largest absolute Gasteiger partial charge is 0.378 e. The van der Waals surface area contributed by atoms with E-state index in [9.17, 15) is 5.26 Å². The summed E-state index contributed by atoms with van der Waals surface area (Å²) in [6.07, 6.45) is 0. The molecular formula is C23H19N3OS. The summed E-state index contributed by atoms with van der Waals surface area (Å²) >= 11 is 1.75. The van der Waals surface area contributed by atoms with Crippen LogP contribution < -0.4 is 9.80 Å². The van der Waals surface area contributed by atoms with E-state index in [-0.39, 0.29) is 0 Å². The van der Waals surface area contributed by atoms with Gasteiger partial charge in [0.25, 0.3) is 0 Å². The zero-order valence-corrected chi connectivity index (χ0v) is 16.2. The third-order valence-corrected chi connectivity index (χ3v) is 6.27. The molecule has 5 rings (SSSR count). The van der Waals surface area contributed by atoms with Gasteiger partial charge in [-0.15, -0.1) is 0 Å². The van der Waals surface area contributed by atoms with Crippen LogP contribution >= 0.6 is 11.8 Å². The molecule has 0 spiro atoms. The van der Waals surface area contributed by atoms with Crippen molar-refractivity contribution in [3.05, 3.63) is 72.3 Å². The first kappa shape index (κ1) is 17.2. The molecule has 0 bridgehead atoms. The van der Waals surface area contributed by atoms with Gasteiger partial charge < -0.3 is 14.5 Å². The fourth-order valence-electron chi connectivity index (χ4n) is 3.74. The van der Waals surface area contributed by atoms with E-state index < -0.39 is 0 Å². The molecule has 0 radical (unpaired) electrons. The van der Waals surface area contributed by atoms with E-state index in [1.807, 2.05) is 18.2 Å². The molecule has 0 unspecified atom stereocenters. The lowest BCUT2D eigenvalue weighted by atomic mass is 10.1. The minimum absolute atomic E-state index is 0.675. The molecule has 2 heterocycles. The Kier molecular flexibility index (Phi) is 4.44. The van der Waals surface area contributed by atoms with Crippen molar-refractivity contribution in [1.82, 2.24) is 0 Å². The second-order valence-electron chi connectivity index (χ2n) is 6.82. The number of nitriles is 1. The molecule has 1 saturated heterocycles. The highest BCUT2D eigenvalue weighted by Crippen LogP contribution is 2.51. The molecule has 2 aliphatic heterocycles. The van der Waals surface area contributed by atoms with Crippen molar-refractivity contribution in [2.24, 2.45) is 0 Å². The summed E-state index contributed by atoms with van der Waals surface area (Å²) in [4.78, 5) is 6.99. The summed E-state index contributed by atoms with van der Waals surface area (Å²) < 4.78 is 5.46. The van der Waals surface area contributed by atoms with E-state index in [0.29, 0.717) is 5.56 Å². The van der Waals surface area contributed by atoms with Crippen molar-refractivity contribution in [2.75, 3.05) is 36.1 Å². The summed E-state index contributed by atoms with van der Waals surface area (Å²) in [7, 11) is 0. The van der Waals surface area contributed by atoms with Gasteiger partial charge >= 0.3 is 0 Å². The molecule has 0 saturated carbocycles. The number of anilines is 4. The van der Waals surface area contributed by atoms with E-state index in [4.69, 9.17) is 4.74 Å². The fraction of sp³-hybridized carbons (Fsp3) is 0.174. The Labute approximate surface area is 169 Å². The zero-order chi connectivity index (χ0) is 18.9. The van der Waals surface area contributed by atoms with Gasteiger partial charge in [0, 0.05) is 34.3 Å². The molecule has 138 valence electrons. The Hall–Kier alpha value is -2.94. The number of hydrogen-bond donors (Lipinski definition) is 0. The topological polar surface area (TPSA) is 39.5 Å². The number of para-hydroxylation sites is 1. The quantitative estimate of drug-likeness (QED) is 0.466. The minimum atomic E-state index is 0.675. The van der Waals surface area contributed by atoms with Gasteiger partial charge in [-0.05, 0) is 54.6 Å². The first-order valence-electron chi connectivity index (χ1n) is 9.37. The molecule has 5 heteroatoms. The maximum Gasteiger partial charge on any atom is 0.0992 e. The van der Waals surface area contributed by atoms with E-state index >= 15 is 0 Å². The number of hydrogen-bond acceptors (Lipinski definition) is 5. The minimum Gasteiger partial charge on any atom is -0.378 e. The Bertz CT molecular complexity index is 1050. The predicted octanol–water partition coefficient (Wildman–Crippen LogP) is 5.33. The van der Waals surface area contributed by atoms with Crippen LogP contribution in [0.2, 0.25) is 0 Å². The number of morpholine rings is 1. The third kappa shape index (κ3) is 3.01. The fourth-order valence-corrected chi connectivity index (χ4v) is 4.77. The Morgan fingerprint density at radius 1 is 0.821 bits per heavy atom. The highest BCUT2D eigenvalue weighted by molar-refractivity contribution is 7.99. The smallest absolute Gasteiger partial charge is 0.0992 e. The first-order chi connectivity index (χ1) is 13.8. The molecule has 28 heavy (non-hydrogen) atoms. The monoisotopic (exact) mass is 385 g/mol. The lowest BCUT2D eigenvalue weighted by Gasteiger charge is -2.34. The Balaban J connectivity index is 1.58. The van der Waals surface area contributed by atoms with Crippen LogP contribution in [-0.2, 0) is 4.74 Å². The predicted molar refractivity (Wildman–Crippen MR) is 113 cm³/mol. The van der Waals surface area contributed by atoms with Gasteiger partial charge in [-0.1, -0.05) is 23.9 Å². The van der Waals surface area contributed by atoms with Crippen LogP contribution in [0.5, 0.6) is 0 Å². The highest BCUT2D eigenvalue weighted by atomic mass is 32.2. The maximum atomic E-state index is 9.38. The number of rotatable bonds is 2. The standard InChI is InChI=1S/C23H19N3OS/c24-16-17-5-10-23-21(15-17)26(20-3-1-2-4-22(20)28-23)19-8-6-18(7-9-19)25-11-13-27-14-12-25/h1-10,15H,11-14H2. The maximum absolute atomic E-state index is 9.38. The van der Waals surface area contributed by atoms with Crippen LogP contribution in [0.3, 0.4) is 0 Å². The summed E-state index contributed by atoms with van der Waals surface area (Å²) in [6.45, 7) is 3.42. The second-order valence-corrected chi connectivity index (χ2v) is 7.90. The number of ether oxygens (including phenoxy) is 1. The number of fused-ring (bicyclic) bond motifs is 2. The van der Waals surface area contributed by atoms with Crippen molar-refractivity contribution in [1.29, 1.82) is 5.26 Å². The summed E-state index contributed by atoms with van der Waals surface area (Å²) in [5.74, 6) is 0. The summed E-state index contributed by atoms with van der Waals surface area (Å²) in [6, 6.07) is 25.3. The molecule has 0 aromatic heterocycles. The van der Waals surface area contributed by atoms with Gasteiger partial charge in [0.1, 0.15) is 0 Å². The molecule has 0 aliphatic carbocycles. The molecule has 0 atom stereocenters. The van der Waals surface area contributed by atoms with E-state index in [1.165, 1.54) is 10.6 Å². The lowest BCUT2D eigenvalue weighted by Crippen LogP contribution is -2.36. The normalized spacial score (nSPS) is 15.5. The van der Waals surface area contributed by atoms with Crippen LogP contribution in [0.1, 0.15) is 5.56 Å². The van der Waals surface area contributed by atoms with Crippen molar-refractivity contribution in [2.45, 2.75) is 9.79 Å². The van der Waals surface area contributed by atoms with Gasteiger partial charge in [0.2, 0.25) is 0 Å². The summed E-state index contributed by atoms with van der Waals surface area (Å²) in [5.41, 5.74) is 5.20. The van der Waals surface area contributed by atoms with E-state index in [2.05, 4.69) is 64.4 Å². The van der Waals surface area contributed by atoms with Gasteiger partial charge in [-0.3, -0.25) is 0 Å². The Morgan fingerprint density at radius 2 is 1.54 bits per heavy atom. The Morgan fingerprint density at radius 3 is 2.32 bits per heavy atom. The van der Waals surface area contributed by atoms with Gasteiger partial charge in [0.15, 0.2) is 0 Å². The van der Waals surface area contributed by atoms with Gasteiger partial charge in [0.05, 0.1) is 36.2 Å². The van der Waals surface area contributed by atoms with Crippen LogP contribution in [0.25, 0.3) is 0 Å². The van der Waals surface area contributed by atoms with Gasteiger partial charge in [-0.2, -0.15) is 5.26 Å². The molecule has 3 aromatic rings. The SMILES string of the molecule is N#Cc1ccc2c(c1)N(c1ccc(N3CCOCC3)cc1)c1ccccc1S2. The summed E-state index contributed by atoms with van der Waals surface area (Å²) in [5, 5.41) is 9.38. The van der Waals surface area contributed by atoms with E-state index in [0.717, 1.165) is 48.3 Å². The number of benzene rings is 3. The highest BCUT2D eigenvalue weighted by Gasteiger charge is 2.25. The zero-order valence-electron chi connectivity index (χ0n) is 15.3. The molecule has 4 nitrogen and oxygen atoms in total. The molecular weight excluding hydrogens is 366 g/mol. The molecule has 0 amide bonds. The lowest BCUT2D eigenvalue weighted by molar-refractivity contribution is 0.122. The van der Waals surface area contributed by atoms with Crippen LogP contribution in [0.15, 0.2) is 76.5 Å². The van der Waals surface area contributed by atoms with Crippen molar-refractivity contribution in [3.63, 3.8) is 0 Å². The molecule has 1 fully saturated rings. The van der Waals surface area contributed by atoms with Crippen molar-refractivity contribution >= 4 is 34.5 Å². The number of nitrogens with zero attached hydrogens (tertiary/aromatic N) is 3. The van der Waals surface area contributed by atoms with Gasteiger partial charge in [-0.25, -0.2) is 0 Å². The van der Waals surface area contributed by atoms with Crippen LogP contribution in [0.4, 0.5) is 22.7 Å². The van der Waals surface area contributed by atoms with E-state index in [1.54, 1.807) is 11.8 Å².